The molecular formula is C31H24N2O6. The average molecular weight is 521 g/mol. The third kappa shape index (κ3) is 3.52. The van der Waals surface area contributed by atoms with E-state index in [1.54, 1.807) is 17.6 Å². The highest BCUT2D eigenvalue weighted by Crippen LogP contribution is 2.43. The third-order valence-electron chi connectivity index (χ3n) is 7.69. The topological polar surface area (TPSA) is 99.9 Å². The highest BCUT2D eigenvalue weighted by atomic mass is 16.7. The van der Waals surface area contributed by atoms with Gasteiger partial charge in [-0.25, -0.2) is 9.78 Å². The van der Waals surface area contributed by atoms with E-state index in [2.05, 4.69) is 0 Å². The fourth-order valence-electron chi connectivity index (χ4n) is 5.57. The number of pyridine rings is 2. The quantitative estimate of drug-likeness (QED) is 0.274. The molecule has 2 aromatic carbocycles. The zero-order valence-electron chi connectivity index (χ0n) is 21.1. The molecular weight excluding hydrogens is 496 g/mol. The molecule has 39 heavy (non-hydrogen) atoms. The Morgan fingerprint density at radius 1 is 1.00 bits per heavy atom. The highest BCUT2D eigenvalue weighted by molar-refractivity contribution is 5.96. The first-order valence-corrected chi connectivity index (χ1v) is 12.8. The molecule has 2 aromatic heterocycles. The van der Waals surface area contributed by atoms with Crippen molar-refractivity contribution in [1.82, 2.24) is 9.55 Å². The van der Waals surface area contributed by atoms with Crippen LogP contribution in [0, 0.1) is 0 Å². The van der Waals surface area contributed by atoms with Gasteiger partial charge in [0, 0.05) is 22.6 Å². The van der Waals surface area contributed by atoms with Gasteiger partial charge in [-0.2, -0.15) is 0 Å². The lowest BCUT2D eigenvalue weighted by atomic mass is 9.86. The molecule has 4 aromatic rings. The Kier molecular flexibility index (Phi) is 5.21. The predicted octanol–water partition coefficient (Wildman–Crippen LogP) is 4.53. The van der Waals surface area contributed by atoms with Gasteiger partial charge in [-0.1, -0.05) is 61.6 Å². The minimum absolute atomic E-state index is 0.0882. The van der Waals surface area contributed by atoms with Crippen molar-refractivity contribution in [3.8, 4) is 22.9 Å². The predicted molar refractivity (Wildman–Crippen MR) is 145 cm³/mol. The number of rotatable bonds is 4. The van der Waals surface area contributed by atoms with Crippen LogP contribution in [-0.2, 0) is 28.3 Å². The van der Waals surface area contributed by atoms with Crippen molar-refractivity contribution in [2.45, 2.75) is 32.1 Å². The van der Waals surface area contributed by atoms with E-state index in [-0.39, 0.29) is 25.4 Å². The van der Waals surface area contributed by atoms with E-state index in [1.807, 2.05) is 66.8 Å². The number of nitrogens with zero attached hydrogens (tertiary/aromatic N) is 2. The van der Waals surface area contributed by atoms with Crippen molar-refractivity contribution < 1.29 is 24.1 Å². The first-order chi connectivity index (χ1) is 19.0. The number of fused-ring (bicyclic) bond motifs is 6. The Bertz CT molecular complexity index is 1800. The minimum atomic E-state index is -1.88. The summed E-state index contributed by atoms with van der Waals surface area (Å²) < 4.78 is 18.1. The molecule has 8 heteroatoms. The van der Waals surface area contributed by atoms with Gasteiger partial charge in [0.1, 0.15) is 6.61 Å². The number of hydrogen-bond acceptors (Lipinski definition) is 7. The summed E-state index contributed by atoms with van der Waals surface area (Å²) in [5, 5.41) is 12.1. The number of allylic oxidation sites excluding steroid dienone is 2. The van der Waals surface area contributed by atoms with Gasteiger partial charge < -0.3 is 23.9 Å². The monoisotopic (exact) mass is 520 g/mol. The van der Waals surface area contributed by atoms with Crippen molar-refractivity contribution in [2.24, 2.45) is 0 Å². The summed E-state index contributed by atoms with van der Waals surface area (Å²) in [6.07, 6.45) is 8.05. The van der Waals surface area contributed by atoms with Gasteiger partial charge in [0.05, 0.1) is 29.0 Å². The van der Waals surface area contributed by atoms with Crippen LogP contribution in [0.2, 0.25) is 0 Å². The van der Waals surface area contributed by atoms with E-state index in [9.17, 15) is 14.7 Å². The van der Waals surface area contributed by atoms with Crippen molar-refractivity contribution >= 4 is 29.0 Å². The molecule has 0 saturated carbocycles. The van der Waals surface area contributed by atoms with Crippen LogP contribution in [0.1, 0.15) is 41.2 Å². The number of carbonyl (C=O) groups excluding carboxylic acids is 1. The summed E-state index contributed by atoms with van der Waals surface area (Å²) in [4.78, 5) is 31.1. The maximum absolute atomic E-state index is 13.6. The molecule has 0 fully saturated rings. The van der Waals surface area contributed by atoms with Gasteiger partial charge in [-0.15, -0.1) is 0 Å². The number of cyclic esters (lactones) is 1. The van der Waals surface area contributed by atoms with Crippen LogP contribution in [-0.4, -0.2) is 27.4 Å². The molecule has 0 aliphatic carbocycles. The SMILES string of the molecule is CC[C@@]1(O)C(=O)OCc2c1cc1n(c2=O)Cc2c-1nc1cc3c(cc1c2/C=C/C=C/c1ccccc1)OCO3. The van der Waals surface area contributed by atoms with Crippen molar-refractivity contribution in [1.29, 1.82) is 0 Å². The minimum Gasteiger partial charge on any atom is -0.458 e. The number of aliphatic hydroxyl groups is 1. The second-order valence-electron chi connectivity index (χ2n) is 9.81. The molecule has 0 saturated heterocycles. The lowest BCUT2D eigenvalue weighted by molar-refractivity contribution is -0.172. The second kappa shape index (κ2) is 8.68. The number of carbonyl (C=O) groups is 1. The molecule has 1 atom stereocenters. The lowest BCUT2D eigenvalue weighted by Crippen LogP contribution is -2.44. The number of hydrogen-bond donors (Lipinski definition) is 1. The largest absolute Gasteiger partial charge is 0.458 e. The van der Waals surface area contributed by atoms with Gasteiger partial charge in [-0.05, 0) is 29.7 Å². The average Bonchev–Trinajstić information content (AvgIpc) is 3.57. The maximum atomic E-state index is 13.6. The maximum Gasteiger partial charge on any atom is 0.343 e. The van der Waals surface area contributed by atoms with Gasteiger partial charge in [-0.3, -0.25) is 4.79 Å². The fraction of sp³-hybridized carbons (Fsp3) is 0.194. The van der Waals surface area contributed by atoms with E-state index < -0.39 is 11.6 Å². The molecule has 0 unspecified atom stereocenters. The summed E-state index contributed by atoms with van der Waals surface area (Å²) >= 11 is 0. The Morgan fingerprint density at radius 3 is 2.56 bits per heavy atom. The van der Waals surface area contributed by atoms with Crippen LogP contribution >= 0.6 is 0 Å². The number of aromatic nitrogens is 2. The molecule has 0 bridgehead atoms. The van der Waals surface area contributed by atoms with E-state index in [0.29, 0.717) is 46.1 Å². The van der Waals surface area contributed by atoms with Crippen LogP contribution < -0.4 is 15.0 Å². The molecule has 7 rings (SSSR count). The van der Waals surface area contributed by atoms with Crippen LogP contribution in [0.5, 0.6) is 11.5 Å². The normalized spacial score (nSPS) is 19.0. The highest BCUT2D eigenvalue weighted by Gasteiger charge is 2.45. The van der Waals surface area contributed by atoms with Gasteiger partial charge >= 0.3 is 5.97 Å². The Labute approximate surface area is 223 Å². The van der Waals surface area contributed by atoms with E-state index in [4.69, 9.17) is 19.2 Å². The van der Waals surface area contributed by atoms with Gasteiger partial charge in [0.2, 0.25) is 6.79 Å². The van der Waals surface area contributed by atoms with Crippen LogP contribution in [0.15, 0.2) is 65.5 Å². The summed E-state index contributed by atoms with van der Waals surface area (Å²) in [7, 11) is 0. The first-order valence-electron chi connectivity index (χ1n) is 12.8. The molecule has 1 N–H and O–H groups in total. The zero-order valence-corrected chi connectivity index (χ0v) is 21.1. The third-order valence-corrected chi connectivity index (χ3v) is 7.69. The van der Waals surface area contributed by atoms with Crippen molar-refractivity contribution in [2.75, 3.05) is 6.79 Å². The van der Waals surface area contributed by atoms with E-state index in [1.165, 1.54) is 0 Å². The van der Waals surface area contributed by atoms with Crippen LogP contribution in [0.25, 0.3) is 34.4 Å². The van der Waals surface area contributed by atoms with Crippen LogP contribution in [0.3, 0.4) is 0 Å². The first kappa shape index (κ1) is 23.4. The fourth-order valence-corrected chi connectivity index (χ4v) is 5.57. The molecule has 3 aliphatic heterocycles. The van der Waals surface area contributed by atoms with Crippen LogP contribution in [0.4, 0.5) is 0 Å². The molecule has 5 heterocycles. The van der Waals surface area contributed by atoms with E-state index in [0.717, 1.165) is 22.1 Å². The molecule has 8 nitrogen and oxygen atoms in total. The van der Waals surface area contributed by atoms with Crippen molar-refractivity contribution in [3.63, 3.8) is 0 Å². The van der Waals surface area contributed by atoms with E-state index >= 15 is 0 Å². The van der Waals surface area contributed by atoms with Crippen molar-refractivity contribution in [3.05, 3.63) is 98.9 Å². The summed E-state index contributed by atoms with van der Waals surface area (Å²) in [6, 6.07) is 15.5. The molecule has 3 aliphatic rings. The van der Waals surface area contributed by atoms with Gasteiger partial charge in [0.25, 0.3) is 5.56 Å². The second-order valence-corrected chi connectivity index (χ2v) is 9.81. The molecule has 0 radical (unpaired) electrons. The number of esters is 1. The Morgan fingerprint density at radius 2 is 1.77 bits per heavy atom. The lowest BCUT2D eigenvalue weighted by Gasteiger charge is -2.31. The van der Waals surface area contributed by atoms with Gasteiger partial charge in [0.15, 0.2) is 17.1 Å². The molecule has 0 amide bonds. The smallest absolute Gasteiger partial charge is 0.343 e. The number of benzene rings is 2. The molecule has 194 valence electrons. The summed E-state index contributed by atoms with van der Waals surface area (Å²) in [5.41, 5.74) is 3.16. The molecule has 0 spiro atoms. The zero-order chi connectivity index (χ0) is 26.7. The number of ether oxygens (including phenoxy) is 3. The summed E-state index contributed by atoms with van der Waals surface area (Å²) in [6.45, 7) is 1.97. The summed E-state index contributed by atoms with van der Waals surface area (Å²) in [5.74, 6) is 0.511. The standard InChI is InChI=1S/C31H24N2O6/c1-2-31(36)23-13-25-28-21(15-33(25)29(34)22(23)16-37-30(31)35)19(11-7-6-10-18-8-4-3-5-9-18)20-12-26-27(39-17-38-26)14-24(20)32-28/h3-14,36H,2,15-17H2,1H3/b10-6+,11-7+/t31-/m0/s1. The Balaban J connectivity index is 1.43. The Hall–Kier alpha value is -4.69.